The van der Waals surface area contributed by atoms with Crippen LogP contribution in [0.25, 0.3) is 11.1 Å². The van der Waals surface area contributed by atoms with Crippen LogP contribution in [-0.4, -0.2) is 33.9 Å². The molecular formula is C25H26FN3O. The van der Waals surface area contributed by atoms with E-state index in [4.69, 9.17) is 4.98 Å². The second-order valence-corrected chi connectivity index (χ2v) is 8.06. The van der Waals surface area contributed by atoms with Crippen LogP contribution in [-0.2, 0) is 0 Å². The molecular weight excluding hydrogens is 377 g/mol. The van der Waals surface area contributed by atoms with E-state index in [1.807, 2.05) is 50.1 Å². The van der Waals surface area contributed by atoms with E-state index in [9.17, 15) is 9.18 Å². The number of rotatable bonds is 3. The second kappa shape index (κ2) is 8.34. The van der Waals surface area contributed by atoms with Crippen molar-refractivity contribution in [1.29, 1.82) is 0 Å². The Labute approximate surface area is 176 Å². The summed E-state index contributed by atoms with van der Waals surface area (Å²) in [6.45, 7) is 7.28. The highest BCUT2D eigenvalue weighted by atomic mass is 19.1. The second-order valence-electron chi connectivity index (χ2n) is 8.06. The third-order valence-electron chi connectivity index (χ3n) is 6.02. The van der Waals surface area contributed by atoms with Gasteiger partial charge in [-0.25, -0.2) is 14.4 Å². The van der Waals surface area contributed by atoms with Gasteiger partial charge in [0.25, 0.3) is 5.91 Å². The number of hydrogen-bond donors (Lipinski definition) is 0. The summed E-state index contributed by atoms with van der Waals surface area (Å²) in [6, 6.07) is 12.3. The van der Waals surface area contributed by atoms with Gasteiger partial charge in [0, 0.05) is 36.3 Å². The van der Waals surface area contributed by atoms with E-state index in [1.54, 1.807) is 12.1 Å². The Bertz CT molecular complexity index is 1080. The van der Waals surface area contributed by atoms with E-state index in [1.165, 1.54) is 12.1 Å². The van der Waals surface area contributed by atoms with Gasteiger partial charge in [-0.15, -0.1) is 0 Å². The molecule has 2 heterocycles. The van der Waals surface area contributed by atoms with E-state index >= 15 is 0 Å². The Morgan fingerprint density at radius 2 is 1.87 bits per heavy atom. The summed E-state index contributed by atoms with van der Waals surface area (Å²) >= 11 is 0. The molecule has 0 radical (unpaired) electrons. The maximum atomic E-state index is 13.4. The molecule has 1 saturated heterocycles. The normalized spacial score (nSPS) is 16.5. The molecule has 1 aliphatic heterocycles. The highest BCUT2D eigenvalue weighted by molar-refractivity contribution is 5.96. The number of halogens is 1. The van der Waals surface area contributed by atoms with Crippen LogP contribution in [0.4, 0.5) is 4.39 Å². The first-order chi connectivity index (χ1) is 14.4. The Balaban J connectivity index is 1.65. The van der Waals surface area contributed by atoms with Gasteiger partial charge < -0.3 is 4.90 Å². The van der Waals surface area contributed by atoms with Crippen molar-refractivity contribution in [2.24, 2.45) is 0 Å². The number of likely N-dealkylation sites (tertiary alicyclic amines) is 1. The molecule has 0 spiro atoms. The summed E-state index contributed by atoms with van der Waals surface area (Å²) in [5.41, 5.74) is 5.67. The lowest BCUT2D eigenvalue weighted by molar-refractivity contribution is 0.0705. The molecule has 1 fully saturated rings. The molecule has 0 saturated carbocycles. The molecule has 0 N–H and O–H groups in total. The average molecular weight is 404 g/mol. The summed E-state index contributed by atoms with van der Waals surface area (Å²) in [4.78, 5) is 24.3. The van der Waals surface area contributed by atoms with Crippen LogP contribution in [0.1, 0.15) is 51.8 Å². The van der Waals surface area contributed by atoms with Crippen LogP contribution in [0.3, 0.4) is 0 Å². The van der Waals surface area contributed by atoms with Crippen LogP contribution in [0.2, 0.25) is 0 Å². The number of nitrogens with zero attached hydrogens (tertiary/aromatic N) is 3. The van der Waals surface area contributed by atoms with Crippen molar-refractivity contribution in [3.8, 4) is 11.1 Å². The van der Waals surface area contributed by atoms with Gasteiger partial charge in [-0.1, -0.05) is 24.3 Å². The van der Waals surface area contributed by atoms with Gasteiger partial charge in [0.1, 0.15) is 11.6 Å². The summed E-state index contributed by atoms with van der Waals surface area (Å²) in [5, 5.41) is 0. The zero-order valence-corrected chi connectivity index (χ0v) is 17.7. The average Bonchev–Trinajstić information content (AvgIpc) is 2.76. The lowest BCUT2D eigenvalue weighted by Gasteiger charge is -2.33. The first kappa shape index (κ1) is 20.2. The summed E-state index contributed by atoms with van der Waals surface area (Å²) < 4.78 is 13.4. The smallest absolute Gasteiger partial charge is 0.254 e. The van der Waals surface area contributed by atoms with Gasteiger partial charge in [0.2, 0.25) is 0 Å². The van der Waals surface area contributed by atoms with Gasteiger partial charge in [0.15, 0.2) is 0 Å². The quantitative estimate of drug-likeness (QED) is 0.602. The highest BCUT2D eigenvalue weighted by Crippen LogP contribution is 2.33. The van der Waals surface area contributed by atoms with Crippen molar-refractivity contribution in [1.82, 2.24) is 14.9 Å². The zero-order valence-electron chi connectivity index (χ0n) is 17.7. The maximum Gasteiger partial charge on any atom is 0.254 e. The third kappa shape index (κ3) is 3.97. The fourth-order valence-corrected chi connectivity index (χ4v) is 4.19. The SMILES string of the molecule is Cc1ncc(-c2ccc(F)cc2)c([C@@H]2CCCN(C(=O)c3cccc(C)c3C)C2)n1. The van der Waals surface area contributed by atoms with Crippen molar-refractivity contribution in [3.63, 3.8) is 0 Å². The van der Waals surface area contributed by atoms with E-state index in [0.717, 1.165) is 52.9 Å². The highest BCUT2D eigenvalue weighted by Gasteiger charge is 2.29. The van der Waals surface area contributed by atoms with Gasteiger partial charge in [-0.05, 0) is 68.5 Å². The Hall–Kier alpha value is -3.08. The third-order valence-corrected chi connectivity index (χ3v) is 6.02. The molecule has 4 nitrogen and oxygen atoms in total. The largest absolute Gasteiger partial charge is 0.338 e. The van der Waals surface area contributed by atoms with Gasteiger partial charge in [-0.2, -0.15) is 0 Å². The lowest BCUT2D eigenvalue weighted by Crippen LogP contribution is -2.39. The molecule has 1 atom stereocenters. The topological polar surface area (TPSA) is 46.1 Å². The van der Waals surface area contributed by atoms with Crippen molar-refractivity contribution >= 4 is 5.91 Å². The van der Waals surface area contributed by atoms with E-state index in [0.29, 0.717) is 12.4 Å². The summed E-state index contributed by atoms with van der Waals surface area (Å²) in [6.07, 6.45) is 3.70. The van der Waals surface area contributed by atoms with Crippen molar-refractivity contribution < 1.29 is 9.18 Å². The number of hydrogen-bond acceptors (Lipinski definition) is 3. The molecule has 5 heteroatoms. The Morgan fingerprint density at radius 3 is 2.63 bits per heavy atom. The predicted molar refractivity (Wildman–Crippen MR) is 116 cm³/mol. The monoisotopic (exact) mass is 403 g/mol. The van der Waals surface area contributed by atoms with Gasteiger partial charge in [-0.3, -0.25) is 4.79 Å². The fraction of sp³-hybridized carbons (Fsp3) is 0.320. The molecule has 30 heavy (non-hydrogen) atoms. The molecule has 2 aromatic carbocycles. The number of aryl methyl sites for hydroxylation is 2. The number of carbonyl (C=O) groups is 1. The molecule has 1 aromatic heterocycles. The molecule has 1 amide bonds. The first-order valence-corrected chi connectivity index (χ1v) is 10.4. The predicted octanol–water partition coefficient (Wildman–Crippen LogP) is 5.23. The minimum absolute atomic E-state index is 0.0787. The van der Waals surface area contributed by atoms with Gasteiger partial charge >= 0.3 is 0 Å². The van der Waals surface area contributed by atoms with Crippen LogP contribution in [0, 0.1) is 26.6 Å². The summed E-state index contributed by atoms with van der Waals surface area (Å²) in [5.74, 6) is 0.634. The van der Waals surface area contributed by atoms with Crippen molar-refractivity contribution in [2.75, 3.05) is 13.1 Å². The Morgan fingerprint density at radius 1 is 1.10 bits per heavy atom. The molecule has 0 unspecified atom stereocenters. The number of benzene rings is 2. The molecule has 154 valence electrons. The van der Waals surface area contributed by atoms with Crippen LogP contribution in [0.5, 0.6) is 0 Å². The number of aromatic nitrogens is 2. The van der Waals surface area contributed by atoms with Crippen molar-refractivity contribution in [2.45, 2.75) is 39.5 Å². The van der Waals surface area contributed by atoms with Crippen LogP contribution >= 0.6 is 0 Å². The standard InChI is InChI=1S/C25H26FN3O/c1-16-6-4-8-22(17(16)2)25(30)29-13-5-7-20(15-29)24-23(14-27-18(3)28-24)19-9-11-21(26)12-10-19/h4,6,8-12,14,20H,5,7,13,15H2,1-3H3/t20-/m1/s1. The zero-order chi connectivity index (χ0) is 21.3. The van der Waals surface area contributed by atoms with E-state index in [-0.39, 0.29) is 17.6 Å². The number of carbonyl (C=O) groups excluding carboxylic acids is 1. The summed E-state index contributed by atoms with van der Waals surface area (Å²) in [7, 11) is 0. The minimum Gasteiger partial charge on any atom is -0.338 e. The van der Waals surface area contributed by atoms with Crippen molar-refractivity contribution in [3.05, 3.63) is 82.7 Å². The van der Waals surface area contributed by atoms with Gasteiger partial charge in [0.05, 0.1) is 5.69 Å². The molecule has 1 aliphatic rings. The molecule has 4 rings (SSSR count). The number of piperidine rings is 1. The van der Waals surface area contributed by atoms with E-state index in [2.05, 4.69) is 4.98 Å². The lowest BCUT2D eigenvalue weighted by atomic mass is 9.89. The fourth-order valence-electron chi connectivity index (χ4n) is 4.19. The molecule has 3 aromatic rings. The minimum atomic E-state index is -0.267. The number of amides is 1. The maximum absolute atomic E-state index is 13.4. The first-order valence-electron chi connectivity index (χ1n) is 10.4. The molecule has 0 aliphatic carbocycles. The van der Waals surface area contributed by atoms with Crippen LogP contribution < -0.4 is 0 Å². The van der Waals surface area contributed by atoms with Crippen LogP contribution in [0.15, 0.2) is 48.7 Å². The molecule has 0 bridgehead atoms. The van der Waals surface area contributed by atoms with E-state index < -0.39 is 0 Å². The Kier molecular flexibility index (Phi) is 5.62.